The molecule has 3 heterocycles. The molecule has 1 aromatic carbocycles. The van der Waals surface area contributed by atoms with Crippen molar-refractivity contribution in [3.05, 3.63) is 35.9 Å². The average molecular weight is 372 g/mol. The summed E-state index contributed by atoms with van der Waals surface area (Å²) in [6.07, 6.45) is 0.461. The van der Waals surface area contributed by atoms with Gasteiger partial charge >= 0.3 is 29.6 Å². The summed E-state index contributed by atoms with van der Waals surface area (Å²) < 4.78 is -0.604. The molecule has 1 N–H and O–H groups in total. The van der Waals surface area contributed by atoms with Crippen LogP contribution in [0, 0.1) is 0 Å². The number of aliphatic carboxylic acids is 1. The number of hydrogen-bond acceptors (Lipinski definition) is 7. The number of rotatable bonds is 5. The van der Waals surface area contributed by atoms with Crippen molar-refractivity contribution in [1.82, 2.24) is 10.2 Å². The summed E-state index contributed by atoms with van der Waals surface area (Å²) in [5.74, 6) is -2.50. The molecular weight excluding hydrogens is 355 g/mol. The number of amides is 1. The first kappa shape index (κ1) is 19.2. The first-order valence-electron chi connectivity index (χ1n) is 7.72. The number of carbonyl (C=O) groups is 2. The van der Waals surface area contributed by atoms with Gasteiger partial charge in [-0.3, -0.25) is 4.79 Å². The maximum atomic E-state index is 12.5. The molecule has 4 rings (SSSR count). The van der Waals surface area contributed by atoms with Crippen molar-refractivity contribution >= 4 is 23.6 Å². The fourth-order valence-corrected chi connectivity index (χ4v) is 5.06. The number of thioether (sulfide) groups is 1. The van der Waals surface area contributed by atoms with Gasteiger partial charge in [-0.15, -0.1) is 11.8 Å². The SMILES string of the molecule is CC1(C)S[C@@H]2[C@H](NC3(Cc4ccccc4)OO3)C(=O)N2[C@H]1C(=O)[O-].[Na+]. The fourth-order valence-electron chi connectivity index (χ4n) is 3.44. The van der Waals surface area contributed by atoms with Crippen molar-refractivity contribution in [3.63, 3.8) is 0 Å². The van der Waals surface area contributed by atoms with E-state index in [4.69, 9.17) is 9.78 Å². The molecule has 3 aliphatic heterocycles. The quantitative estimate of drug-likeness (QED) is 0.249. The van der Waals surface area contributed by atoms with Gasteiger partial charge in [0.05, 0.1) is 12.0 Å². The van der Waals surface area contributed by atoms with Crippen molar-refractivity contribution in [2.24, 2.45) is 0 Å². The maximum absolute atomic E-state index is 12.5. The van der Waals surface area contributed by atoms with Crippen molar-refractivity contribution in [1.29, 1.82) is 0 Å². The topological polar surface area (TPSA) is 97.5 Å². The van der Waals surface area contributed by atoms with Gasteiger partial charge < -0.3 is 14.8 Å². The Labute approximate surface area is 171 Å². The van der Waals surface area contributed by atoms with Crippen molar-refractivity contribution in [3.8, 4) is 0 Å². The minimum atomic E-state index is -1.22. The Morgan fingerprint density at radius 2 is 1.96 bits per heavy atom. The molecular formula is C16H17N2NaO5S. The van der Waals surface area contributed by atoms with E-state index in [-0.39, 0.29) is 40.8 Å². The zero-order valence-electron chi connectivity index (χ0n) is 14.2. The Morgan fingerprint density at radius 1 is 1.32 bits per heavy atom. The number of carboxylic acids is 1. The molecule has 0 bridgehead atoms. The van der Waals surface area contributed by atoms with Crippen LogP contribution in [0.25, 0.3) is 0 Å². The number of carbonyl (C=O) groups excluding carboxylic acids is 2. The van der Waals surface area contributed by atoms with Gasteiger partial charge in [-0.1, -0.05) is 30.3 Å². The van der Waals surface area contributed by atoms with E-state index in [1.807, 2.05) is 44.2 Å². The van der Waals surface area contributed by atoms with Gasteiger partial charge in [0.25, 0.3) is 5.91 Å². The van der Waals surface area contributed by atoms with E-state index in [0.717, 1.165) is 5.56 Å². The van der Waals surface area contributed by atoms with Gasteiger partial charge in [0, 0.05) is 11.2 Å². The van der Waals surface area contributed by atoms with E-state index in [1.54, 1.807) is 0 Å². The molecule has 3 aliphatic rings. The number of nitrogens with zero attached hydrogens (tertiary/aromatic N) is 1. The van der Waals surface area contributed by atoms with Crippen LogP contribution < -0.4 is 40.0 Å². The summed E-state index contributed by atoms with van der Waals surface area (Å²) >= 11 is 1.45. The summed E-state index contributed by atoms with van der Waals surface area (Å²) in [5.41, 5.74) is 1.01. The Morgan fingerprint density at radius 3 is 2.52 bits per heavy atom. The minimum absolute atomic E-state index is 0. The Hall–Kier alpha value is -0.610. The van der Waals surface area contributed by atoms with E-state index in [9.17, 15) is 14.7 Å². The van der Waals surface area contributed by atoms with Crippen molar-refractivity contribution in [2.75, 3.05) is 0 Å². The second kappa shape index (κ2) is 6.53. The second-order valence-corrected chi connectivity index (χ2v) is 8.55. The monoisotopic (exact) mass is 372 g/mol. The van der Waals surface area contributed by atoms with E-state index in [1.165, 1.54) is 16.7 Å². The fraction of sp³-hybridized carbons (Fsp3) is 0.500. The van der Waals surface area contributed by atoms with Crippen LogP contribution in [0.3, 0.4) is 0 Å². The Balaban J connectivity index is 0.00000182. The first-order chi connectivity index (χ1) is 11.3. The zero-order chi connectivity index (χ0) is 17.1. The van der Waals surface area contributed by atoms with Crippen LogP contribution in [0.15, 0.2) is 30.3 Å². The summed E-state index contributed by atoms with van der Waals surface area (Å²) in [6, 6.07) is 8.19. The molecule has 0 unspecified atom stereocenters. The van der Waals surface area contributed by atoms with Crippen molar-refractivity contribution in [2.45, 2.75) is 48.4 Å². The van der Waals surface area contributed by atoms with Crippen LogP contribution in [0.4, 0.5) is 0 Å². The number of carboxylic acid groups (broad SMARTS) is 1. The van der Waals surface area contributed by atoms with Gasteiger partial charge in [-0.2, -0.15) is 9.78 Å². The Bertz CT molecular complexity index is 697. The summed E-state index contributed by atoms with van der Waals surface area (Å²) in [5, 5.41) is 14.2. The molecule has 0 aliphatic carbocycles. The standard InChI is InChI=1S/C16H18N2O5S.Na/c1-15(2)11(14(20)21)18-12(19)10(13(18)24-15)17-16(22-23-16)8-9-6-4-3-5-7-9;/h3-7,10-11,13,17H,8H2,1-2H3,(H,20,21);/q;+1/p-1/t10-,11+,13-;/m1./s1. The number of hydrogen-bond donors (Lipinski definition) is 1. The van der Waals surface area contributed by atoms with Crippen LogP contribution in [-0.4, -0.2) is 44.9 Å². The molecule has 3 saturated heterocycles. The van der Waals surface area contributed by atoms with Crippen LogP contribution in [0.1, 0.15) is 19.4 Å². The molecule has 7 nitrogen and oxygen atoms in total. The average Bonchev–Trinajstić information content (AvgIpc) is 3.23. The summed E-state index contributed by atoms with van der Waals surface area (Å²) in [6.45, 7) is 3.62. The smallest absolute Gasteiger partial charge is 0.548 e. The largest absolute Gasteiger partial charge is 1.00 e. The number of nitrogens with one attached hydrogen (secondary N) is 1. The van der Waals surface area contributed by atoms with Crippen LogP contribution in [0.5, 0.6) is 0 Å². The van der Waals surface area contributed by atoms with Crippen LogP contribution >= 0.6 is 11.8 Å². The number of β-lactam (4-membered cyclic amide) rings is 1. The van der Waals surface area contributed by atoms with Gasteiger partial charge in [0.2, 0.25) is 5.91 Å². The molecule has 0 radical (unpaired) electrons. The van der Waals surface area contributed by atoms with Gasteiger partial charge in [-0.25, -0.2) is 5.32 Å². The predicted octanol–water partition coefficient (Wildman–Crippen LogP) is -3.38. The van der Waals surface area contributed by atoms with Gasteiger partial charge in [-0.05, 0) is 19.4 Å². The van der Waals surface area contributed by atoms with E-state index in [2.05, 4.69) is 5.32 Å². The van der Waals surface area contributed by atoms with Crippen LogP contribution in [-0.2, 0) is 25.8 Å². The molecule has 3 fully saturated rings. The number of fused-ring (bicyclic) bond motifs is 1. The van der Waals surface area contributed by atoms with E-state index >= 15 is 0 Å². The molecule has 1 amide bonds. The van der Waals surface area contributed by atoms with Gasteiger partial charge in [0.15, 0.2) is 0 Å². The molecule has 25 heavy (non-hydrogen) atoms. The Kier molecular flexibility index (Phi) is 5.00. The summed E-state index contributed by atoms with van der Waals surface area (Å²) in [4.78, 5) is 35.5. The van der Waals surface area contributed by atoms with Gasteiger partial charge in [0.1, 0.15) is 11.4 Å². The maximum Gasteiger partial charge on any atom is 1.00 e. The third-order valence-electron chi connectivity index (χ3n) is 4.60. The third-order valence-corrected chi connectivity index (χ3v) is 6.18. The first-order valence-corrected chi connectivity index (χ1v) is 8.60. The minimum Gasteiger partial charge on any atom is -0.548 e. The van der Waals surface area contributed by atoms with E-state index in [0.29, 0.717) is 6.42 Å². The summed E-state index contributed by atoms with van der Waals surface area (Å²) in [7, 11) is 0. The molecule has 3 atom stereocenters. The molecule has 1 aromatic rings. The number of benzene rings is 1. The molecule has 0 saturated carbocycles. The third kappa shape index (κ3) is 3.25. The molecule has 9 heteroatoms. The van der Waals surface area contributed by atoms with Crippen molar-refractivity contribution < 1.29 is 54.0 Å². The van der Waals surface area contributed by atoms with Crippen LogP contribution in [0.2, 0.25) is 0 Å². The van der Waals surface area contributed by atoms with E-state index < -0.39 is 28.7 Å². The normalized spacial score (nSPS) is 30.9. The zero-order valence-corrected chi connectivity index (χ0v) is 17.0. The molecule has 128 valence electrons. The predicted molar refractivity (Wildman–Crippen MR) is 83.1 cm³/mol. The molecule has 0 spiro atoms. The molecule has 0 aromatic heterocycles. The second-order valence-electron chi connectivity index (χ2n) is 6.78.